The van der Waals surface area contributed by atoms with E-state index < -0.39 is 6.04 Å². The average molecular weight is 330 g/mol. The molecule has 0 saturated carbocycles. The Balaban J connectivity index is 1.94. The summed E-state index contributed by atoms with van der Waals surface area (Å²) in [6, 6.07) is 3.11. The quantitative estimate of drug-likeness (QED) is 0.892. The Labute approximate surface area is 133 Å². The molecule has 1 aromatic heterocycles. The van der Waals surface area contributed by atoms with Crippen molar-refractivity contribution in [3.05, 3.63) is 21.3 Å². The second-order valence-electron chi connectivity index (χ2n) is 5.01. The summed E-state index contributed by atoms with van der Waals surface area (Å²) in [5, 5.41) is 5.66. The normalized spacial score (nSPS) is 18.8. The summed E-state index contributed by atoms with van der Waals surface area (Å²) in [7, 11) is 0. The zero-order valence-electron chi connectivity index (χ0n) is 12.0. The summed E-state index contributed by atoms with van der Waals surface area (Å²) in [6.45, 7) is 3.70. The van der Waals surface area contributed by atoms with Crippen LogP contribution in [-0.4, -0.2) is 36.0 Å². The van der Waals surface area contributed by atoms with Gasteiger partial charge in [0.05, 0.1) is 10.9 Å². The first-order valence-corrected chi connectivity index (χ1v) is 8.37. The van der Waals surface area contributed by atoms with Gasteiger partial charge in [-0.15, -0.1) is 11.3 Å². The van der Waals surface area contributed by atoms with E-state index in [1.165, 1.54) is 11.3 Å². The van der Waals surface area contributed by atoms with Crippen LogP contribution >= 0.6 is 22.9 Å². The lowest BCUT2D eigenvalue weighted by Gasteiger charge is -2.24. The Morgan fingerprint density at radius 3 is 3.00 bits per heavy atom. The molecule has 1 unspecified atom stereocenters. The van der Waals surface area contributed by atoms with E-state index >= 15 is 0 Å². The predicted octanol–water partition coefficient (Wildman–Crippen LogP) is 2.60. The summed E-state index contributed by atoms with van der Waals surface area (Å²) < 4.78 is 0.713. The Bertz CT molecular complexity index is 506. The second kappa shape index (κ2) is 7.66. The Hall–Kier alpha value is -1.27. The van der Waals surface area contributed by atoms with Gasteiger partial charge in [0, 0.05) is 18.0 Å². The van der Waals surface area contributed by atoms with Crippen LogP contribution in [0.4, 0.5) is 4.79 Å². The van der Waals surface area contributed by atoms with E-state index in [4.69, 9.17) is 11.6 Å². The highest BCUT2D eigenvalue weighted by atomic mass is 35.5. The number of amides is 3. The SMILES string of the molecule is CCN(Cc1ccc(Cl)s1)C(=O)NC1CCCCNC1=O. The molecule has 5 nitrogen and oxygen atoms in total. The average Bonchev–Trinajstić information content (AvgIpc) is 2.77. The van der Waals surface area contributed by atoms with Gasteiger partial charge in [0.1, 0.15) is 6.04 Å². The minimum absolute atomic E-state index is 0.0870. The van der Waals surface area contributed by atoms with E-state index in [1.54, 1.807) is 4.90 Å². The van der Waals surface area contributed by atoms with Gasteiger partial charge >= 0.3 is 6.03 Å². The molecule has 0 spiro atoms. The molecule has 1 aliphatic heterocycles. The third-order valence-corrected chi connectivity index (χ3v) is 4.69. The van der Waals surface area contributed by atoms with Crippen molar-refractivity contribution >= 4 is 34.9 Å². The monoisotopic (exact) mass is 329 g/mol. The Morgan fingerprint density at radius 1 is 1.52 bits per heavy atom. The number of thiophene rings is 1. The number of urea groups is 1. The number of nitrogens with one attached hydrogen (secondary N) is 2. The molecule has 1 aliphatic rings. The molecule has 2 N–H and O–H groups in total. The Morgan fingerprint density at radius 2 is 2.33 bits per heavy atom. The van der Waals surface area contributed by atoms with Crippen LogP contribution < -0.4 is 10.6 Å². The van der Waals surface area contributed by atoms with Gasteiger partial charge in [0.15, 0.2) is 0 Å². The van der Waals surface area contributed by atoms with Crippen LogP contribution in [0.25, 0.3) is 0 Å². The van der Waals surface area contributed by atoms with Gasteiger partial charge in [-0.1, -0.05) is 11.6 Å². The highest BCUT2D eigenvalue weighted by Gasteiger charge is 2.24. The number of hydrogen-bond donors (Lipinski definition) is 2. The molecular formula is C14H20ClN3O2S. The van der Waals surface area contributed by atoms with Gasteiger partial charge in [0.2, 0.25) is 5.91 Å². The van der Waals surface area contributed by atoms with Crippen molar-refractivity contribution in [3.8, 4) is 0 Å². The standard InChI is InChI=1S/C14H20ClN3O2S/c1-2-18(9-10-6-7-12(15)21-10)14(20)17-11-5-3-4-8-16-13(11)19/h6-7,11H,2-5,8-9H2,1H3,(H,16,19)(H,17,20). The fourth-order valence-electron chi connectivity index (χ4n) is 2.27. The number of nitrogens with zero attached hydrogens (tertiary/aromatic N) is 1. The first kappa shape index (κ1) is 16.1. The fraction of sp³-hybridized carbons (Fsp3) is 0.571. The van der Waals surface area contributed by atoms with Gasteiger partial charge in [-0.2, -0.15) is 0 Å². The molecule has 1 fully saturated rings. The third-order valence-electron chi connectivity index (χ3n) is 3.48. The molecule has 0 aliphatic carbocycles. The Kier molecular flexibility index (Phi) is 5.87. The first-order valence-electron chi connectivity index (χ1n) is 7.17. The molecule has 0 bridgehead atoms. The molecule has 7 heteroatoms. The van der Waals surface area contributed by atoms with Crippen molar-refractivity contribution in [2.75, 3.05) is 13.1 Å². The molecule has 1 atom stereocenters. The predicted molar refractivity (Wildman–Crippen MR) is 84.6 cm³/mol. The van der Waals surface area contributed by atoms with Gasteiger partial charge in [-0.05, 0) is 38.3 Å². The highest BCUT2D eigenvalue weighted by molar-refractivity contribution is 7.16. The van der Waals surface area contributed by atoms with Crippen molar-refractivity contribution in [1.82, 2.24) is 15.5 Å². The lowest BCUT2D eigenvalue weighted by Crippen LogP contribution is -2.50. The van der Waals surface area contributed by atoms with Gasteiger partial charge in [0.25, 0.3) is 0 Å². The molecule has 2 rings (SSSR count). The van der Waals surface area contributed by atoms with E-state index in [9.17, 15) is 9.59 Å². The molecule has 116 valence electrons. The maximum absolute atomic E-state index is 12.3. The van der Waals surface area contributed by atoms with Crippen molar-refractivity contribution in [3.63, 3.8) is 0 Å². The lowest BCUT2D eigenvalue weighted by molar-refractivity contribution is -0.122. The molecule has 0 radical (unpaired) electrons. The molecule has 0 aromatic carbocycles. The minimum atomic E-state index is -0.430. The summed E-state index contributed by atoms with van der Waals surface area (Å²) in [5.74, 6) is -0.0870. The van der Waals surface area contributed by atoms with E-state index in [0.29, 0.717) is 30.4 Å². The number of rotatable bonds is 4. The number of hydrogen-bond acceptors (Lipinski definition) is 3. The van der Waals surface area contributed by atoms with Crippen LogP contribution in [0.15, 0.2) is 12.1 Å². The first-order chi connectivity index (χ1) is 10.1. The van der Waals surface area contributed by atoms with Gasteiger partial charge in [-0.3, -0.25) is 4.79 Å². The van der Waals surface area contributed by atoms with Crippen LogP contribution in [0.2, 0.25) is 4.34 Å². The summed E-state index contributed by atoms with van der Waals surface area (Å²) in [4.78, 5) is 26.9. The van der Waals surface area contributed by atoms with E-state index in [0.717, 1.165) is 17.7 Å². The second-order valence-corrected chi connectivity index (χ2v) is 6.81. The third kappa shape index (κ3) is 4.61. The molecular weight excluding hydrogens is 310 g/mol. The number of halogens is 1. The van der Waals surface area contributed by atoms with Crippen molar-refractivity contribution < 1.29 is 9.59 Å². The highest BCUT2D eigenvalue weighted by Crippen LogP contribution is 2.22. The van der Waals surface area contributed by atoms with Crippen LogP contribution in [0.5, 0.6) is 0 Å². The summed E-state index contributed by atoms with van der Waals surface area (Å²) in [5.41, 5.74) is 0. The molecule has 3 amide bonds. The number of carbonyl (C=O) groups is 2. The van der Waals surface area contributed by atoms with Crippen LogP contribution in [0.1, 0.15) is 31.1 Å². The number of carbonyl (C=O) groups excluding carboxylic acids is 2. The summed E-state index contributed by atoms with van der Waals surface area (Å²) >= 11 is 7.37. The maximum atomic E-state index is 12.3. The smallest absolute Gasteiger partial charge is 0.318 e. The van der Waals surface area contributed by atoms with Crippen molar-refractivity contribution in [2.24, 2.45) is 0 Å². The molecule has 1 aromatic rings. The van der Waals surface area contributed by atoms with E-state index in [-0.39, 0.29) is 11.9 Å². The minimum Gasteiger partial charge on any atom is -0.354 e. The van der Waals surface area contributed by atoms with Crippen molar-refractivity contribution in [1.29, 1.82) is 0 Å². The zero-order valence-corrected chi connectivity index (χ0v) is 13.6. The van der Waals surface area contributed by atoms with Crippen LogP contribution in [0.3, 0.4) is 0 Å². The van der Waals surface area contributed by atoms with Crippen LogP contribution in [0, 0.1) is 0 Å². The summed E-state index contributed by atoms with van der Waals surface area (Å²) in [6.07, 6.45) is 2.60. The van der Waals surface area contributed by atoms with Gasteiger partial charge < -0.3 is 15.5 Å². The molecule has 2 heterocycles. The molecule has 1 saturated heterocycles. The lowest BCUT2D eigenvalue weighted by atomic mass is 10.1. The van der Waals surface area contributed by atoms with E-state index in [2.05, 4.69) is 10.6 Å². The van der Waals surface area contributed by atoms with Crippen LogP contribution in [-0.2, 0) is 11.3 Å². The maximum Gasteiger partial charge on any atom is 0.318 e. The van der Waals surface area contributed by atoms with E-state index in [1.807, 2.05) is 19.1 Å². The topological polar surface area (TPSA) is 61.4 Å². The zero-order chi connectivity index (χ0) is 15.2. The largest absolute Gasteiger partial charge is 0.354 e. The molecule has 21 heavy (non-hydrogen) atoms. The fourth-order valence-corrected chi connectivity index (χ4v) is 3.37. The van der Waals surface area contributed by atoms with Gasteiger partial charge in [-0.25, -0.2) is 4.79 Å². The van der Waals surface area contributed by atoms with Crippen molar-refractivity contribution in [2.45, 2.75) is 38.8 Å².